The Morgan fingerprint density at radius 2 is 1.85 bits per heavy atom. The summed E-state index contributed by atoms with van der Waals surface area (Å²) < 4.78 is 22.9. The van der Waals surface area contributed by atoms with Crippen LogP contribution in [0.3, 0.4) is 0 Å². The van der Waals surface area contributed by atoms with E-state index in [0.29, 0.717) is 25.1 Å². The molecule has 0 radical (unpaired) electrons. The monoisotopic (exact) mass is 386 g/mol. The summed E-state index contributed by atoms with van der Waals surface area (Å²) in [5.41, 5.74) is 3.41. The molecule has 1 aliphatic heterocycles. The molecule has 0 saturated carbocycles. The van der Waals surface area contributed by atoms with E-state index in [0.717, 1.165) is 16.8 Å². The SMILES string of the molecule is CCN1C(=O)Cc2cc(NC(=O)CCc3ccc(S(C)(=O)=O)cc3)ccc21. The summed E-state index contributed by atoms with van der Waals surface area (Å²) in [6.07, 6.45) is 2.33. The van der Waals surface area contributed by atoms with Crippen LogP contribution in [0, 0.1) is 0 Å². The van der Waals surface area contributed by atoms with Gasteiger partial charge in [0.2, 0.25) is 11.8 Å². The number of hydrogen-bond donors (Lipinski definition) is 1. The number of nitrogens with one attached hydrogen (secondary N) is 1. The largest absolute Gasteiger partial charge is 0.326 e. The Kier molecular flexibility index (Phi) is 5.32. The van der Waals surface area contributed by atoms with Crippen LogP contribution >= 0.6 is 0 Å². The first kappa shape index (κ1) is 19.1. The van der Waals surface area contributed by atoms with Crippen LogP contribution in [0.2, 0.25) is 0 Å². The highest BCUT2D eigenvalue weighted by Gasteiger charge is 2.25. The first-order valence-corrected chi connectivity index (χ1v) is 10.7. The second-order valence-electron chi connectivity index (χ2n) is 6.62. The van der Waals surface area contributed by atoms with Gasteiger partial charge in [0.05, 0.1) is 11.3 Å². The molecule has 3 rings (SSSR count). The molecule has 0 spiro atoms. The van der Waals surface area contributed by atoms with Gasteiger partial charge in [0.15, 0.2) is 9.84 Å². The van der Waals surface area contributed by atoms with Crippen LogP contribution in [0.5, 0.6) is 0 Å². The predicted octanol–water partition coefficient (Wildman–Crippen LogP) is 2.57. The van der Waals surface area contributed by atoms with Crippen molar-refractivity contribution < 1.29 is 18.0 Å². The predicted molar refractivity (Wildman–Crippen MR) is 105 cm³/mol. The van der Waals surface area contributed by atoms with Crippen molar-refractivity contribution in [3.8, 4) is 0 Å². The van der Waals surface area contributed by atoms with Gasteiger partial charge in [-0.05, 0) is 54.8 Å². The van der Waals surface area contributed by atoms with Crippen molar-refractivity contribution >= 4 is 33.0 Å². The minimum atomic E-state index is -3.21. The summed E-state index contributed by atoms with van der Waals surface area (Å²) in [5, 5.41) is 2.86. The number of hydrogen-bond acceptors (Lipinski definition) is 4. The van der Waals surface area contributed by atoms with E-state index in [1.807, 2.05) is 19.1 Å². The van der Waals surface area contributed by atoms with E-state index in [-0.39, 0.29) is 23.1 Å². The van der Waals surface area contributed by atoms with Crippen LogP contribution < -0.4 is 10.2 Å². The molecule has 1 N–H and O–H groups in total. The fourth-order valence-corrected chi connectivity index (χ4v) is 3.82. The molecule has 2 aromatic rings. The number of nitrogens with zero attached hydrogens (tertiary/aromatic N) is 1. The molecule has 0 bridgehead atoms. The van der Waals surface area contributed by atoms with Crippen LogP contribution in [0.15, 0.2) is 47.4 Å². The number of amides is 2. The highest BCUT2D eigenvalue weighted by Crippen LogP contribution is 2.31. The Morgan fingerprint density at radius 3 is 2.48 bits per heavy atom. The molecule has 0 saturated heterocycles. The molecule has 0 aliphatic carbocycles. The second kappa shape index (κ2) is 7.52. The molecule has 2 amide bonds. The van der Waals surface area contributed by atoms with Gasteiger partial charge in [-0.25, -0.2) is 8.42 Å². The molecular weight excluding hydrogens is 364 g/mol. The number of fused-ring (bicyclic) bond motifs is 1. The van der Waals surface area contributed by atoms with Crippen molar-refractivity contribution in [2.75, 3.05) is 23.0 Å². The fraction of sp³-hybridized carbons (Fsp3) is 0.300. The molecule has 2 aromatic carbocycles. The minimum absolute atomic E-state index is 0.0773. The van der Waals surface area contributed by atoms with E-state index in [2.05, 4.69) is 5.32 Å². The third kappa shape index (κ3) is 4.36. The van der Waals surface area contributed by atoms with E-state index in [1.165, 1.54) is 6.26 Å². The molecule has 6 nitrogen and oxygen atoms in total. The Hall–Kier alpha value is -2.67. The lowest BCUT2D eigenvalue weighted by atomic mass is 10.1. The van der Waals surface area contributed by atoms with Gasteiger partial charge < -0.3 is 10.2 Å². The van der Waals surface area contributed by atoms with Crippen LogP contribution in [0.25, 0.3) is 0 Å². The van der Waals surface area contributed by atoms with E-state index in [4.69, 9.17) is 0 Å². The Morgan fingerprint density at radius 1 is 1.15 bits per heavy atom. The third-order valence-electron chi connectivity index (χ3n) is 4.61. The zero-order valence-corrected chi connectivity index (χ0v) is 16.2. The maximum atomic E-state index is 12.2. The fourth-order valence-electron chi connectivity index (χ4n) is 3.19. The summed E-state index contributed by atoms with van der Waals surface area (Å²) in [6.45, 7) is 2.57. The van der Waals surface area contributed by atoms with Gasteiger partial charge in [0, 0.05) is 30.6 Å². The normalized spacial score (nSPS) is 13.6. The smallest absolute Gasteiger partial charge is 0.231 e. The van der Waals surface area contributed by atoms with Gasteiger partial charge in [0.1, 0.15) is 0 Å². The Balaban J connectivity index is 1.59. The minimum Gasteiger partial charge on any atom is -0.326 e. The van der Waals surface area contributed by atoms with Crippen LogP contribution in [-0.4, -0.2) is 33.0 Å². The number of anilines is 2. The summed E-state index contributed by atoms with van der Waals surface area (Å²) in [7, 11) is -3.21. The molecule has 1 aliphatic rings. The second-order valence-corrected chi connectivity index (χ2v) is 8.64. The molecule has 27 heavy (non-hydrogen) atoms. The number of aryl methyl sites for hydroxylation is 1. The zero-order valence-electron chi connectivity index (χ0n) is 15.4. The standard InChI is InChI=1S/C20H22N2O4S/c1-3-22-18-10-7-16(12-15(18)13-20(22)24)21-19(23)11-6-14-4-8-17(9-5-14)27(2,25)26/h4-5,7-10,12H,3,6,11,13H2,1-2H3,(H,21,23). The van der Waals surface area contributed by atoms with Crippen molar-refractivity contribution in [2.24, 2.45) is 0 Å². The van der Waals surface area contributed by atoms with E-state index < -0.39 is 9.84 Å². The third-order valence-corrected chi connectivity index (χ3v) is 5.73. The van der Waals surface area contributed by atoms with Gasteiger partial charge >= 0.3 is 0 Å². The van der Waals surface area contributed by atoms with Crippen molar-refractivity contribution in [3.63, 3.8) is 0 Å². The van der Waals surface area contributed by atoms with Gasteiger partial charge in [-0.1, -0.05) is 12.1 Å². The first-order valence-electron chi connectivity index (χ1n) is 8.80. The average Bonchev–Trinajstić information content (AvgIpc) is 2.93. The summed E-state index contributed by atoms with van der Waals surface area (Å²) in [4.78, 5) is 26.2. The first-order chi connectivity index (χ1) is 12.8. The highest BCUT2D eigenvalue weighted by molar-refractivity contribution is 7.90. The van der Waals surface area contributed by atoms with Crippen LogP contribution in [-0.2, 0) is 32.3 Å². The van der Waals surface area contributed by atoms with Gasteiger partial charge in [0.25, 0.3) is 0 Å². The molecule has 0 aromatic heterocycles. The lowest BCUT2D eigenvalue weighted by molar-refractivity contribution is -0.117. The Bertz CT molecular complexity index is 982. The van der Waals surface area contributed by atoms with Crippen LogP contribution in [0.4, 0.5) is 11.4 Å². The van der Waals surface area contributed by atoms with Gasteiger partial charge in [-0.15, -0.1) is 0 Å². The number of carbonyl (C=O) groups is 2. The van der Waals surface area contributed by atoms with E-state index >= 15 is 0 Å². The number of rotatable bonds is 6. The lowest BCUT2D eigenvalue weighted by Gasteiger charge is -2.15. The molecule has 0 unspecified atom stereocenters. The number of benzene rings is 2. The average molecular weight is 386 g/mol. The van der Waals surface area contributed by atoms with Crippen molar-refractivity contribution in [3.05, 3.63) is 53.6 Å². The number of sulfone groups is 1. The summed E-state index contributed by atoms with van der Waals surface area (Å²) >= 11 is 0. The van der Waals surface area contributed by atoms with Gasteiger partial charge in [-0.3, -0.25) is 9.59 Å². The molecule has 0 fully saturated rings. The van der Waals surface area contributed by atoms with Crippen molar-refractivity contribution in [1.29, 1.82) is 0 Å². The van der Waals surface area contributed by atoms with Crippen molar-refractivity contribution in [1.82, 2.24) is 0 Å². The maximum absolute atomic E-state index is 12.2. The molecule has 7 heteroatoms. The molecular formula is C20H22N2O4S. The Labute approximate surface area is 159 Å². The molecule has 0 atom stereocenters. The molecule has 142 valence electrons. The summed E-state index contributed by atoms with van der Waals surface area (Å²) in [5.74, 6) is -0.0488. The highest BCUT2D eigenvalue weighted by atomic mass is 32.2. The summed E-state index contributed by atoms with van der Waals surface area (Å²) in [6, 6.07) is 12.1. The number of carbonyl (C=O) groups excluding carboxylic acids is 2. The van der Waals surface area contributed by atoms with Crippen LogP contribution in [0.1, 0.15) is 24.5 Å². The van der Waals surface area contributed by atoms with E-state index in [9.17, 15) is 18.0 Å². The maximum Gasteiger partial charge on any atom is 0.231 e. The molecule has 1 heterocycles. The lowest BCUT2D eigenvalue weighted by Crippen LogP contribution is -2.25. The number of likely N-dealkylation sites (N-methyl/N-ethyl adjacent to an activating group) is 1. The van der Waals surface area contributed by atoms with Crippen molar-refractivity contribution in [2.45, 2.75) is 31.1 Å². The van der Waals surface area contributed by atoms with E-state index in [1.54, 1.807) is 35.2 Å². The quantitative estimate of drug-likeness (QED) is 0.827. The van der Waals surface area contributed by atoms with Gasteiger partial charge in [-0.2, -0.15) is 0 Å². The topological polar surface area (TPSA) is 83.6 Å². The zero-order chi connectivity index (χ0) is 19.6.